The molecule has 78 valence electrons. The minimum atomic E-state index is 0.784. The summed E-state index contributed by atoms with van der Waals surface area (Å²) in [7, 11) is 2.09. The number of hydrogen-bond donors (Lipinski definition) is 1. The number of hydrogen-bond acceptors (Lipinski definition) is 2. The predicted molar refractivity (Wildman–Crippen MR) is 58.0 cm³/mol. The van der Waals surface area contributed by atoms with Crippen molar-refractivity contribution in [3.8, 4) is 0 Å². The van der Waals surface area contributed by atoms with Crippen LogP contribution in [0, 0.1) is 0 Å². The normalized spacial score (nSPS) is 29.5. The summed E-state index contributed by atoms with van der Waals surface area (Å²) in [6.45, 7) is 6.97. The van der Waals surface area contributed by atoms with E-state index in [1.54, 1.807) is 0 Å². The van der Waals surface area contributed by atoms with E-state index in [1.807, 2.05) is 0 Å². The molecule has 0 aromatic rings. The molecule has 0 radical (unpaired) electrons. The molecule has 1 rings (SSSR count). The highest BCUT2D eigenvalue weighted by Gasteiger charge is 2.22. The molecule has 0 amide bonds. The maximum Gasteiger partial charge on any atom is 0.00961 e. The molecular formula is C11H24N2. The Balaban J connectivity index is 2.30. The average Bonchev–Trinajstić information content (AvgIpc) is 2.21. The molecule has 0 aliphatic heterocycles. The van der Waals surface area contributed by atoms with Crippen molar-refractivity contribution in [2.24, 2.45) is 0 Å². The molecular weight excluding hydrogens is 160 g/mol. The lowest BCUT2D eigenvalue weighted by Gasteiger charge is -2.35. The SMILES string of the molecule is CCN(CC)C1CCC(NC)CC1. The number of nitrogens with zero attached hydrogens (tertiary/aromatic N) is 1. The van der Waals surface area contributed by atoms with E-state index in [9.17, 15) is 0 Å². The highest BCUT2D eigenvalue weighted by Crippen LogP contribution is 2.22. The van der Waals surface area contributed by atoms with E-state index in [0.29, 0.717) is 0 Å². The van der Waals surface area contributed by atoms with E-state index < -0.39 is 0 Å². The predicted octanol–water partition coefficient (Wildman–Crippen LogP) is 1.86. The third-order valence-electron chi connectivity index (χ3n) is 3.43. The second kappa shape index (κ2) is 5.61. The van der Waals surface area contributed by atoms with Crippen LogP contribution >= 0.6 is 0 Å². The molecule has 0 heterocycles. The van der Waals surface area contributed by atoms with Crippen LogP contribution in [0.1, 0.15) is 39.5 Å². The van der Waals surface area contributed by atoms with Gasteiger partial charge in [0.2, 0.25) is 0 Å². The molecule has 2 nitrogen and oxygen atoms in total. The minimum Gasteiger partial charge on any atom is -0.317 e. The second-order valence-electron chi connectivity index (χ2n) is 4.02. The minimum absolute atomic E-state index is 0.784. The maximum absolute atomic E-state index is 3.38. The van der Waals surface area contributed by atoms with Gasteiger partial charge in [0, 0.05) is 12.1 Å². The Morgan fingerprint density at radius 1 is 1.08 bits per heavy atom. The van der Waals surface area contributed by atoms with Gasteiger partial charge >= 0.3 is 0 Å². The topological polar surface area (TPSA) is 15.3 Å². The van der Waals surface area contributed by atoms with Gasteiger partial charge in [0.15, 0.2) is 0 Å². The van der Waals surface area contributed by atoms with Crippen LogP contribution in [0.4, 0.5) is 0 Å². The quantitative estimate of drug-likeness (QED) is 0.717. The van der Waals surface area contributed by atoms with Gasteiger partial charge in [0.25, 0.3) is 0 Å². The van der Waals surface area contributed by atoms with E-state index >= 15 is 0 Å². The molecule has 2 heteroatoms. The van der Waals surface area contributed by atoms with E-state index in [2.05, 4.69) is 31.1 Å². The van der Waals surface area contributed by atoms with Gasteiger partial charge in [-0.15, -0.1) is 0 Å². The summed E-state index contributed by atoms with van der Waals surface area (Å²) in [5.41, 5.74) is 0. The van der Waals surface area contributed by atoms with Gasteiger partial charge in [0.1, 0.15) is 0 Å². The lowest BCUT2D eigenvalue weighted by atomic mass is 9.90. The molecule has 13 heavy (non-hydrogen) atoms. The van der Waals surface area contributed by atoms with Gasteiger partial charge in [-0.25, -0.2) is 0 Å². The molecule has 1 aliphatic rings. The van der Waals surface area contributed by atoms with Gasteiger partial charge in [0.05, 0.1) is 0 Å². The van der Waals surface area contributed by atoms with E-state index in [1.165, 1.54) is 38.8 Å². The van der Waals surface area contributed by atoms with Crippen LogP contribution in [-0.4, -0.2) is 37.1 Å². The summed E-state index contributed by atoms with van der Waals surface area (Å²) in [6, 6.07) is 1.64. The lowest BCUT2D eigenvalue weighted by Crippen LogP contribution is -2.41. The molecule has 0 aromatic heterocycles. The van der Waals surface area contributed by atoms with Crippen molar-refractivity contribution in [3.05, 3.63) is 0 Å². The molecule has 0 spiro atoms. The van der Waals surface area contributed by atoms with Crippen molar-refractivity contribution < 1.29 is 0 Å². The zero-order valence-corrected chi connectivity index (χ0v) is 9.34. The van der Waals surface area contributed by atoms with Crippen LogP contribution in [-0.2, 0) is 0 Å². The van der Waals surface area contributed by atoms with Gasteiger partial charge in [-0.1, -0.05) is 13.8 Å². The second-order valence-corrected chi connectivity index (χ2v) is 4.02. The Morgan fingerprint density at radius 3 is 2.00 bits per heavy atom. The van der Waals surface area contributed by atoms with Crippen molar-refractivity contribution in [1.29, 1.82) is 0 Å². The first-order chi connectivity index (χ1) is 6.31. The van der Waals surface area contributed by atoms with Crippen molar-refractivity contribution >= 4 is 0 Å². The fourth-order valence-corrected chi connectivity index (χ4v) is 2.47. The first-order valence-electron chi connectivity index (χ1n) is 5.73. The van der Waals surface area contributed by atoms with Crippen molar-refractivity contribution in [2.75, 3.05) is 20.1 Å². The summed E-state index contributed by atoms with van der Waals surface area (Å²) in [4.78, 5) is 2.60. The molecule has 0 unspecified atom stereocenters. The summed E-state index contributed by atoms with van der Waals surface area (Å²) in [6.07, 6.45) is 5.48. The zero-order valence-electron chi connectivity index (χ0n) is 9.34. The van der Waals surface area contributed by atoms with E-state index in [-0.39, 0.29) is 0 Å². The smallest absolute Gasteiger partial charge is 0.00961 e. The fourth-order valence-electron chi connectivity index (χ4n) is 2.47. The first-order valence-corrected chi connectivity index (χ1v) is 5.73. The first kappa shape index (κ1) is 11.0. The van der Waals surface area contributed by atoms with Crippen molar-refractivity contribution in [1.82, 2.24) is 10.2 Å². The largest absolute Gasteiger partial charge is 0.317 e. The van der Waals surface area contributed by atoms with E-state index in [0.717, 1.165) is 12.1 Å². The Labute approximate surface area is 82.7 Å². The molecule has 1 N–H and O–H groups in total. The lowest BCUT2D eigenvalue weighted by molar-refractivity contribution is 0.159. The molecule has 0 saturated heterocycles. The molecule has 1 fully saturated rings. The van der Waals surface area contributed by atoms with Crippen LogP contribution in [0.15, 0.2) is 0 Å². The Kier molecular flexibility index (Phi) is 4.74. The van der Waals surface area contributed by atoms with Crippen LogP contribution in [0.25, 0.3) is 0 Å². The number of rotatable bonds is 4. The third kappa shape index (κ3) is 2.96. The van der Waals surface area contributed by atoms with Crippen LogP contribution in [0.2, 0.25) is 0 Å². The zero-order chi connectivity index (χ0) is 9.68. The van der Waals surface area contributed by atoms with Gasteiger partial charge in [-0.2, -0.15) is 0 Å². The monoisotopic (exact) mass is 184 g/mol. The summed E-state index contributed by atoms with van der Waals surface area (Å²) in [5.74, 6) is 0. The third-order valence-corrected chi connectivity index (χ3v) is 3.43. The van der Waals surface area contributed by atoms with Crippen molar-refractivity contribution in [2.45, 2.75) is 51.6 Å². The average molecular weight is 184 g/mol. The summed E-state index contributed by atoms with van der Waals surface area (Å²) < 4.78 is 0. The summed E-state index contributed by atoms with van der Waals surface area (Å²) >= 11 is 0. The Morgan fingerprint density at radius 2 is 1.62 bits per heavy atom. The molecule has 0 aromatic carbocycles. The highest BCUT2D eigenvalue weighted by molar-refractivity contribution is 4.81. The summed E-state index contributed by atoms with van der Waals surface area (Å²) in [5, 5.41) is 3.38. The standard InChI is InChI=1S/C11H24N2/c1-4-13(5-2)11-8-6-10(12-3)7-9-11/h10-12H,4-9H2,1-3H3. The molecule has 0 bridgehead atoms. The van der Waals surface area contributed by atoms with Crippen LogP contribution < -0.4 is 5.32 Å². The molecule has 1 aliphatic carbocycles. The van der Waals surface area contributed by atoms with Crippen LogP contribution in [0.3, 0.4) is 0 Å². The molecule has 1 saturated carbocycles. The fraction of sp³-hybridized carbons (Fsp3) is 1.00. The Hall–Kier alpha value is -0.0800. The van der Waals surface area contributed by atoms with Gasteiger partial charge in [-0.05, 0) is 45.8 Å². The van der Waals surface area contributed by atoms with Crippen molar-refractivity contribution in [3.63, 3.8) is 0 Å². The van der Waals surface area contributed by atoms with E-state index in [4.69, 9.17) is 0 Å². The molecule has 0 atom stereocenters. The van der Waals surface area contributed by atoms with Gasteiger partial charge in [-0.3, -0.25) is 0 Å². The maximum atomic E-state index is 3.38. The highest BCUT2D eigenvalue weighted by atomic mass is 15.1. The van der Waals surface area contributed by atoms with Crippen LogP contribution in [0.5, 0.6) is 0 Å². The Bertz CT molecular complexity index is 124. The number of nitrogens with one attached hydrogen (secondary N) is 1. The van der Waals surface area contributed by atoms with Gasteiger partial charge < -0.3 is 10.2 Å².